The van der Waals surface area contributed by atoms with Crippen LogP contribution in [0.4, 0.5) is 28.7 Å². The molecule has 0 unspecified atom stereocenters. The molecule has 0 aliphatic rings. The Morgan fingerprint density at radius 2 is 1.54 bits per heavy atom. The van der Waals surface area contributed by atoms with Crippen LogP contribution in [-0.2, 0) is 7.05 Å². The lowest BCUT2D eigenvalue weighted by atomic mass is 10.2. The summed E-state index contributed by atoms with van der Waals surface area (Å²) in [6.45, 7) is 1.07. The van der Waals surface area contributed by atoms with Gasteiger partial charge in [0.25, 0.3) is 0 Å². The number of anilines is 3. The Kier molecular flexibility index (Phi) is 6.72. The van der Waals surface area contributed by atoms with Crippen molar-refractivity contribution in [2.45, 2.75) is 0 Å². The van der Waals surface area contributed by atoms with E-state index >= 15 is 0 Å². The molecule has 3 aromatic rings. The lowest BCUT2D eigenvalue weighted by molar-refractivity contribution is 0.281. The fourth-order valence-corrected chi connectivity index (χ4v) is 2.70. The number of imidazole rings is 1. The van der Waals surface area contributed by atoms with Gasteiger partial charge in [0.15, 0.2) is 0 Å². The summed E-state index contributed by atoms with van der Waals surface area (Å²) in [7, 11) is 1.87. The van der Waals surface area contributed by atoms with Crippen LogP contribution in [0.5, 0.6) is 0 Å². The zero-order chi connectivity index (χ0) is 19.8. The van der Waals surface area contributed by atoms with Gasteiger partial charge in [0.2, 0.25) is 5.95 Å². The number of aliphatic hydroxyl groups excluding tert-OH is 2. The molecule has 0 radical (unpaired) electrons. The minimum Gasteiger partial charge on any atom is -0.395 e. The number of rotatable bonds is 9. The topological polar surface area (TPSA) is 98.3 Å². The van der Waals surface area contributed by atoms with Crippen LogP contribution >= 0.6 is 0 Å². The van der Waals surface area contributed by atoms with Gasteiger partial charge in [0.1, 0.15) is 0 Å². The fourth-order valence-electron chi connectivity index (χ4n) is 2.70. The number of azo groups is 1. The smallest absolute Gasteiger partial charge is 0.249 e. The first-order valence-electron chi connectivity index (χ1n) is 9.02. The van der Waals surface area contributed by atoms with Crippen molar-refractivity contribution in [3.8, 4) is 0 Å². The molecule has 0 fully saturated rings. The highest BCUT2D eigenvalue weighted by atomic mass is 16.3. The fraction of sp³-hybridized carbons (Fsp3) is 0.250. The molecule has 0 spiro atoms. The van der Waals surface area contributed by atoms with E-state index in [9.17, 15) is 0 Å². The van der Waals surface area contributed by atoms with Crippen molar-refractivity contribution in [3.05, 3.63) is 60.9 Å². The third-order valence-corrected chi connectivity index (χ3v) is 4.18. The molecule has 1 aromatic heterocycles. The maximum atomic E-state index is 9.15. The monoisotopic (exact) mass is 380 g/mol. The second-order valence-electron chi connectivity index (χ2n) is 6.19. The predicted octanol–water partition coefficient (Wildman–Crippen LogP) is 3.37. The lowest BCUT2D eigenvalue weighted by Gasteiger charge is -2.23. The minimum absolute atomic E-state index is 0.0455. The van der Waals surface area contributed by atoms with Crippen LogP contribution in [0.1, 0.15) is 0 Å². The normalized spacial score (nSPS) is 11.1. The first kappa shape index (κ1) is 19.5. The van der Waals surface area contributed by atoms with Crippen molar-refractivity contribution >= 4 is 28.7 Å². The summed E-state index contributed by atoms with van der Waals surface area (Å²) < 4.78 is 1.80. The van der Waals surface area contributed by atoms with E-state index in [0.29, 0.717) is 19.0 Å². The summed E-state index contributed by atoms with van der Waals surface area (Å²) in [6, 6.07) is 15.5. The summed E-state index contributed by atoms with van der Waals surface area (Å²) in [5.41, 5.74) is 3.58. The molecular weight excluding hydrogens is 356 g/mol. The van der Waals surface area contributed by atoms with E-state index in [4.69, 9.17) is 10.2 Å². The molecule has 28 heavy (non-hydrogen) atoms. The van der Waals surface area contributed by atoms with E-state index in [2.05, 4.69) is 20.5 Å². The van der Waals surface area contributed by atoms with Gasteiger partial charge < -0.3 is 25.0 Å². The molecule has 8 heteroatoms. The first-order chi connectivity index (χ1) is 13.7. The molecular formula is C20H24N6O2. The Hall–Kier alpha value is -3.23. The second kappa shape index (κ2) is 9.63. The van der Waals surface area contributed by atoms with Gasteiger partial charge in [-0.25, -0.2) is 4.98 Å². The summed E-state index contributed by atoms with van der Waals surface area (Å²) in [5.74, 6) is 0.554. The number of hydrogen-bond donors (Lipinski definition) is 3. The Labute approximate surface area is 163 Å². The lowest BCUT2D eigenvalue weighted by Crippen LogP contribution is -2.29. The molecule has 146 valence electrons. The van der Waals surface area contributed by atoms with Crippen LogP contribution in [0, 0.1) is 0 Å². The molecule has 3 rings (SSSR count). The molecule has 0 amide bonds. The van der Waals surface area contributed by atoms with Gasteiger partial charge in [0.05, 0.1) is 18.9 Å². The van der Waals surface area contributed by atoms with Crippen molar-refractivity contribution < 1.29 is 10.2 Å². The number of benzene rings is 2. The van der Waals surface area contributed by atoms with Crippen molar-refractivity contribution in [3.63, 3.8) is 0 Å². The van der Waals surface area contributed by atoms with Crippen LogP contribution in [-0.4, -0.2) is 46.1 Å². The number of nitrogens with one attached hydrogen (secondary N) is 1. The predicted molar refractivity (Wildman–Crippen MR) is 110 cm³/mol. The van der Waals surface area contributed by atoms with Crippen molar-refractivity contribution in [2.24, 2.45) is 17.3 Å². The molecule has 0 aliphatic carbocycles. The van der Waals surface area contributed by atoms with Gasteiger partial charge in [-0.05, 0) is 48.5 Å². The Morgan fingerprint density at radius 1 is 0.929 bits per heavy atom. The van der Waals surface area contributed by atoms with E-state index in [0.717, 1.165) is 22.7 Å². The van der Waals surface area contributed by atoms with Gasteiger partial charge >= 0.3 is 0 Å². The van der Waals surface area contributed by atoms with Crippen molar-refractivity contribution in [2.75, 3.05) is 36.5 Å². The quantitative estimate of drug-likeness (QED) is 0.495. The van der Waals surface area contributed by atoms with Gasteiger partial charge in [-0.2, -0.15) is 0 Å². The van der Waals surface area contributed by atoms with Crippen LogP contribution in [0.3, 0.4) is 0 Å². The second-order valence-corrected chi connectivity index (χ2v) is 6.19. The molecule has 0 aliphatic heterocycles. The van der Waals surface area contributed by atoms with Crippen LogP contribution < -0.4 is 10.2 Å². The summed E-state index contributed by atoms with van der Waals surface area (Å²) in [4.78, 5) is 6.04. The SMILES string of the molecule is Cn1ccnc1N=Nc1ccc(Nc2ccc(N(CCO)CCO)cc2)cc1. The van der Waals surface area contributed by atoms with Gasteiger partial charge in [-0.15, -0.1) is 10.2 Å². The van der Waals surface area contributed by atoms with E-state index in [1.54, 1.807) is 10.8 Å². The van der Waals surface area contributed by atoms with E-state index < -0.39 is 0 Å². The average Bonchev–Trinajstić information content (AvgIpc) is 3.13. The molecule has 2 aromatic carbocycles. The number of hydrogen-bond acceptors (Lipinski definition) is 7. The average molecular weight is 380 g/mol. The molecule has 3 N–H and O–H groups in total. The largest absolute Gasteiger partial charge is 0.395 e. The molecule has 0 atom stereocenters. The summed E-state index contributed by atoms with van der Waals surface area (Å²) in [6.07, 6.45) is 3.50. The highest BCUT2D eigenvalue weighted by molar-refractivity contribution is 5.64. The Bertz CT molecular complexity index is 884. The minimum atomic E-state index is 0.0455. The zero-order valence-electron chi connectivity index (χ0n) is 15.7. The molecule has 8 nitrogen and oxygen atoms in total. The molecule has 0 saturated carbocycles. The Morgan fingerprint density at radius 3 is 2.07 bits per heavy atom. The number of aromatic nitrogens is 2. The van der Waals surface area contributed by atoms with Gasteiger partial charge in [0, 0.05) is 49.6 Å². The number of aliphatic hydroxyl groups is 2. The van der Waals surface area contributed by atoms with E-state index in [1.807, 2.05) is 66.7 Å². The maximum Gasteiger partial charge on any atom is 0.249 e. The number of nitrogens with zero attached hydrogens (tertiary/aromatic N) is 5. The van der Waals surface area contributed by atoms with Crippen LogP contribution in [0.25, 0.3) is 0 Å². The third-order valence-electron chi connectivity index (χ3n) is 4.18. The van der Waals surface area contributed by atoms with E-state index in [-0.39, 0.29) is 13.2 Å². The van der Waals surface area contributed by atoms with Crippen LogP contribution in [0.2, 0.25) is 0 Å². The number of aryl methyl sites for hydroxylation is 1. The standard InChI is InChI=1S/C20H24N6O2/c1-25-11-10-21-20(25)24-23-18-4-2-16(3-5-18)22-17-6-8-19(9-7-17)26(12-14-27)13-15-28/h2-11,22,27-28H,12-15H2,1H3. The Balaban J connectivity index is 1.62. The summed E-state index contributed by atoms with van der Waals surface area (Å²) in [5, 5.41) is 29.9. The third kappa shape index (κ3) is 5.15. The van der Waals surface area contributed by atoms with E-state index in [1.165, 1.54) is 0 Å². The van der Waals surface area contributed by atoms with Crippen LogP contribution in [0.15, 0.2) is 71.2 Å². The van der Waals surface area contributed by atoms with Gasteiger partial charge in [-0.1, -0.05) is 0 Å². The van der Waals surface area contributed by atoms with Crippen molar-refractivity contribution in [1.29, 1.82) is 0 Å². The maximum absolute atomic E-state index is 9.15. The molecule has 0 saturated heterocycles. The highest BCUT2D eigenvalue weighted by Crippen LogP contribution is 2.24. The van der Waals surface area contributed by atoms with Gasteiger partial charge in [-0.3, -0.25) is 0 Å². The summed E-state index contributed by atoms with van der Waals surface area (Å²) >= 11 is 0. The zero-order valence-corrected chi connectivity index (χ0v) is 15.7. The molecule has 0 bridgehead atoms. The van der Waals surface area contributed by atoms with Crippen molar-refractivity contribution in [1.82, 2.24) is 9.55 Å². The molecule has 1 heterocycles. The highest BCUT2D eigenvalue weighted by Gasteiger charge is 2.05. The first-order valence-corrected chi connectivity index (χ1v) is 9.02.